The standard InChI is InChI=1S/C22H24N2O4S2/c1-24(30(26,27)21-11-3-2-4-12-21)19-9-5-8-18(16-19)22(25)23-13-7-15-29-17-20-10-6-14-28-20/h2-6,8-12,14,16H,7,13,15,17H2,1H3,(H,23,25). The fourth-order valence-corrected chi connectivity index (χ4v) is 4.84. The highest BCUT2D eigenvalue weighted by Crippen LogP contribution is 2.22. The van der Waals surface area contributed by atoms with Crippen LogP contribution in [0.15, 0.2) is 82.3 Å². The summed E-state index contributed by atoms with van der Waals surface area (Å²) in [5.41, 5.74) is 0.853. The fraction of sp³-hybridized carbons (Fsp3) is 0.227. The third kappa shape index (κ3) is 5.67. The van der Waals surface area contributed by atoms with Crippen LogP contribution in [-0.2, 0) is 15.8 Å². The molecule has 30 heavy (non-hydrogen) atoms. The van der Waals surface area contributed by atoms with E-state index in [0.717, 1.165) is 23.7 Å². The lowest BCUT2D eigenvalue weighted by molar-refractivity contribution is 0.0954. The quantitative estimate of drug-likeness (QED) is 0.475. The molecule has 0 saturated heterocycles. The van der Waals surface area contributed by atoms with E-state index in [-0.39, 0.29) is 10.8 Å². The summed E-state index contributed by atoms with van der Waals surface area (Å²) in [6.45, 7) is 0.548. The van der Waals surface area contributed by atoms with Crippen LogP contribution in [0.3, 0.4) is 0 Å². The van der Waals surface area contributed by atoms with Crippen molar-refractivity contribution in [2.75, 3.05) is 23.7 Å². The number of nitrogens with zero attached hydrogens (tertiary/aromatic N) is 1. The van der Waals surface area contributed by atoms with Crippen molar-refractivity contribution < 1.29 is 17.6 Å². The van der Waals surface area contributed by atoms with Crippen molar-refractivity contribution in [2.24, 2.45) is 0 Å². The number of carbonyl (C=O) groups excluding carboxylic acids is 1. The van der Waals surface area contributed by atoms with Gasteiger partial charge < -0.3 is 9.73 Å². The number of rotatable bonds is 10. The predicted octanol–water partition coefficient (Wildman–Crippen LogP) is 4.16. The Morgan fingerprint density at radius 2 is 1.87 bits per heavy atom. The van der Waals surface area contributed by atoms with Gasteiger partial charge in [-0.25, -0.2) is 8.42 Å². The van der Waals surface area contributed by atoms with E-state index in [1.165, 1.54) is 11.4 Å². The Labute approximate surface area is 181 Å². The summed E-state index contributed by atoms with van der Waals surface area (Å²) in [5, 5.41) is 2.89. The summed E-state index contributed by atoms with van der Waals surface area (Å²) in [6, 6.07) is 18.6. The van der Waals surface area contributed by atoms with Crippen LogP contribution in [0.25, 0.3) is 0 Å². The number of hydrogen-bond donors (Lipinski definition) is 1. The Hall–Kier alpha value is -2.71. The second-order valence-electron chi connectivity index (χ2n) is 6.58. The molecule has 3 aromatic rings. The molecular weight excluding hydrogens is 420 g/mol. The Morgan fingerprint density at radius 3 is 2.60 bits per heavy atom. The zero-order valence-electron chi connectivity index (χ0n) is 16.7. The van der Waals surface area contributed by atoms with E-state index in [9.17, 15) is 13.2 Å². The Balaban J connectivity index is 1.53. The Morgan fingerprint density at radius 1 is 1.07 bits per heavy atom. The van der Waals surface area contributed by atoms with Crippen LogP contribution >= 0.6 is 11.8 Å². The van der Waals surface area contributed by atoms with Crippen molar-refractivity contribution in [3.63, 3.8) is 0 Å². The summed E-state index contributed by atoms with van der Waals surface area (Å²) in [4.78, 5) is 12.7. The number of amides is 1. The number of sulfonamides is 1. The van der Waals surface area contributed by atoms with Crippen LogP contribution in [0.5, 0.6) is 0 Å². The number of hydrogen-bond acceptors (Lipinski definition) is 5. The molecule has 1 N–H and O–H groups in total. The number of thioether (sulfide) groups is 1. The van der Waals surface area contributed by atoms with E-state index in [4.69, 9.17) is 4.42 Å². The van der Waals surface area contributed by atoms with Crippen LogP contribution < -0.4 is 9.62 Å². The number of furan rings is 1. The van der Waals surface area contributed by atoms with E-state index < -0.39 is 10.0 Å². The Bertz CT molecular complexity index is 1050. The van der Waals surface area contributed by atoms with Gasteiger partial charge >= 0.3 is 0 Å². The molecule has 0 aliphatic heterocycles. The van der Waals surface area contributed by atoms with Gasteiger partial charge in [-0.05, 0) is 54.6 Å². The second-order valence-corrected chi connectivity index (χ2v) is 9.65. The van der Waals surface area contributed by atoms with E-state index in [1.807, 2.05) is 12.1 Å². The molecule has 0 spiro atoms. The van der Waals surface area contributed by atoms with Crippen LogP contribution in [0.1, 0.15) is 22.5 Å². The highest BCUT2D eigenvalue weighted by atomic mass is 32.2. The fourth-order valence-electron chi connectivity index (χ4n) is 2.78. The first kappa shape index (κ1) is 22.0. The van der Waals surface area contributed by atoms with Crippen LogP contribution in [0, 0.1) is 0 Å². The van der Waals surface area contributed by atoms with Crippen molar-refractivity contribution in [3.05, 3.63) is 84.3 Å². The lowest BCUT2D eigenvalue weighted by atomic mass is 10.2. The molecule has 6 nitrogen and oxygen atoms in total. The van der Waals surface area contributed by atoms with Crippen LogP contribution in [0.2, 0.25) is 0 Å². The minimum Gasteiger partial charge on any atom is -0.468 e. The third-order valence-electron chi connectivity index (χ3n) is 4.45. The number of nitrogens with one attached hydrogen (secondary N) is 1. The molecule has 8 heteroatoms. The van der Waals surface area contributed by atoms with Gasteiger partial charge in [0.2, 0.25) is 0 Å². The molecule has 158 valence electrons. The third-order valence-corrected chi connectivity index (χ3v) is 7.31. The number of anilines is 1. The zero-order chi connectivity index (χ0) is 21.4. The lowest BCUT2D eigenvalue weighted by Crippen LogP contribution is -2.28. The van der Waals surface area contributed by atoms with Crippen molar-refractivity contribution in [1.29, 1.82) is 0 Å². The normalized spacial score (nSPS) is 11.2. The van der Waals surface area contributed by atoms with Gasteiger partial charge in [0, 0.05) is 19.2 Å². The van der Waals surface area contributed by atoms with E-state index in [2.05, 4.69) is 5.32 Å². The van der Waals surface area contributed by atoms with Gasteiger partial charge in [-0.2, -0.15) is 11.8 Å². The zero-order valence-corrected chi connectivity index (χ0v) is 18.3. The summed E-state index contributed by atoms with van der Waals surface area (Å²) < 4.78 is 32.0. The maximum Gasteiger partial charge on any atom is 0.264 e. The van der Waals surface area contributed by atoms with Crippen molar-refractivity contribution in [3.8, 4) is 0 Å². The van der Waals surface area contributed by atoms with E-state index >= 15 is 0 Å². The molecule has 1 aromatic heterocycles. The molecule has 3 rings (SSSR count). The first-order valence-corrected chi connectivity index (χ1v) is 12.1. The van der Waals surface area contributed by atoms with Gasteiger partial charge in [0.1, 0.15) is 5.76 Å². The molecule has 0 atom stereocenters. The highest BCUT2D eigenvalue weighted by Gasteiger charge is 2.21. The maximum absolute atomic E-state index is 12.8. The molecule has 1 amide bonds. The van der Waals surface area contributed by atoms with Crippen LogP contribution in [0.4, 0.5) is 5.69 Å². The van der Waals surface area contributed by atoms with Crippen molar-refractivity contribution in [1.82, 2.24) is 5.32 Å². The van der Waals surface area contributed by atoms with Crippen LogP contribution in [-0.4, -0.2) is 33.7 Å². The molecule has 0 fully saturated rings. The maximum atomic E-state index is 12.8. The smallest absolute Gasteiger partial charge is 0.264 e. The van der Waals surface area contributed by atoms with E-state index in [0.29, 0.717) is 17.8 Å². The monoisotopic (exact) mass is 444 g/mol. The largest absolute Gasteiger partial charge is 0.468 e. The highest BCUT2D eigenvalue weighted by molar-refractivity contribution is 7.98. The molecule has 1 heterocycles. The van der Waals surface area contributed by atoms with Crippen molar-refractivity contribution in [2.45, 2.75) is 17.1 Å². The second kappa shape index (κ2) is 10.4. The topological polar surface area (TPSA) is 79.6 Å². The number of carbonyl (C=O) groups is 1. The SMILES string of the molecule is CN(c1cccc(C(=O)NCCCSCc2ccco2)c1)S(=O)(=O)c1ccccc1. The summed E-state index contributed by atoms with van der Waals surface area (Å²) >= 11 is 1.75. The van der Waals surface area contributed by atoms with Gasteiger partial charge in [-0.3, -0.25) is 9.10 Å². The molecule has 0 bridgehead atoms. The number of benzene rings is 2. The summed E-state index contributed by atoms with van der Waals surface area (Å²) in [7, 11) is -2.21. The summed E-state index contributed by atoms with van der Waals surface area (Å²) in [5.74, 6) is 2.43. The molecule has 0 unspecified atom stereocenters. The van der Waals surface area contributed by atoms with Gasteiger partial charge in [0.05, 0.1) is 22.6 Å². The molecule has 0 saturated carbocycles. The minimum absolute atomic E-state index is 0.203. The average Bonchev–Trinajstić information content (AvgIpc) is 3.29. The predicted molar refractivity (Wildman–Crippen MR) is 120 cm³/mol. The lowest BCUT2D eigenvalue weighted by Gasteiger charge is -2.20. The Kier molecular flexibility index (Phi) is 7.59. The van der Waals surface area contributed by atoms with Crippen molar-refractivity contribution >= 4 is 33.4 Å². The van der Waals surface area contributed by atoms with E-state index in [1.54, 1.807) is 72.6 Å². The molecule has 0 radical (unpaired) electrons. The van der Waals surface area contributed by atoms with Gasteiger partial charge in [0.15, 0.2) is 0 Å². The summed E-state index contributed by atoms with van der Waals surface area (Å²) in [6.07, 6.45) is 2.49. The minimum atomic E-state index is -3.69. The molecule has 2 aromatic carbocycles. The van der Waals surface area contributed by atoms with Gasteiger partial charge in [-0.1, -0.05) is 24.3 Å². The molecule has 0 aliphatic carbocycles. The molecule has 0 aliphatic rings. The van der Waals surface area contributed by atoms with Gasteiger partial charge in [-0.15, -0.1) is 0 Å². The van der Waals surface area contributed by atoms with Gasteiger partial charge in [0.25, 0.3) is 15.9 Å². The first-order valence-electron chi connectivity index (χ1n) is 9.51. The first-order chi connectivity index (χ1) is 14.5. The average molecular weight is 445 g/mol. The molecular formula is C22H24N2O4S2.